The summed E-state index contributed by atoms with van der Waals surface area (Å²) in [6.07, 6.45) is 11.2. The van der Waals surface area contributed by atoms with E-state index < -0.39 is 0 Å². The normalized spacial score (nSPS) is 17.0. The van der Waals surface area contributed by atoms with Crippen molar-refractivity contribution in [1.29, 1.82) is 0 Å². The number of ether oxygens (including phenoxy) is 3. The van der Waals surface area contributed by atoms with Crippen LogP contribution in [0.25, 0.3) is 11.1 Å². The molecule has 4 aromatic rings. The van der Waals surface area contributed by atoms with Gasteiger partial charge in [0, 0.05) is 74.3 Å². The molecule has 11 heteroatoms. The van der Waals surface area contributed by atoms with Gasteiger partial charge in [0.25, 0.3) is 0 Å². The van der Waals surface area contributed by atoms with Gasteiger partial charge in [-0.15, -0.1) is 0 Å². The summed E-state index contributed by atoms with van der Waals surface area (Å²) >= 11 is 6.45. The van der Waals surface area contributed by atoms with Gasteiger partial charge in [0.15, 0.2) is 0 Å². The molecule has 2 fully saturated rings. The first kappa shape index (κ1) is 29.2. The molecule has 10 nitrogen and oxygen atoms in total. The molecule has 1 N–H and O–H groups in total. The van der Waals surface area contributed by atoms with Gasteiger partial charge in [0.2, 0.25) is 5.95 Å². The number of nitrogens with one attached hydrogen (secondary N) is 1. The second kappa shape index (κ2) is 13.6. The number of nitrogens with zero attached hydrogens (tertiary/aromatic N) is 6. The zero-order valence-corrected chi connectivity index (χ0v) is 25.4. The number of piperidine rings is 1. The average Bonchev–Trinajstić information content (AvgIpc) is 3.56. The highest BCUT2D eigenvalue weighted by Crippen LogP contribution is 2.34. The van der Waals surface area contributed by atoms with Crippen molar-refractivity contribution in [2.24, 2.45) is 0 Å². The van der Waals surface area contributed by atoms with Crippen LogP contribution in [0.5, 0.6) is 11.5 Å². The monoisotopic (exact) mass is 603 g/mol. The third kappa shape index (κ3) is 7.21. The van der Waals surface area contributed by atoms with Crippen LogP contribution in [0.15, 0.2) is 67.5 Å². The maximum Gasteiger partial charge on any atom is 0.227 e. The lowest BCUT2D eigenvalue weighted by Crippen LogP contribution is -2.49. The summed E-state index contributed by atoms with van der Waals surface area (Å²) in [6, 6.07) is 12.6. The second-order valence-corrected chi connectivity index (χ2v) is 11.4. The molecule has 2 saturated heterocycles. The molecule has 0 spiro atoms. The largest absolute Gasteiger partial charge is 0.494 e. The first-order valence-electron chi connectivity index (χ1n) is 14.8. The Morgan fingerprint density at radius 3 is 2.51 bits per heavy atom. The van der Waals surface area contributed by atoms with Crippen molar-refractivity contribution in [3.63, 3.8) is 0 Å². The Bertz CT molecular complexity index is 1470. The zero-order valence-electron chi connectivity index (χ0n) is 24.7. The van der Waals surface area contributed by atoms with Gasteiger partial charge < -0.3 is 29.0 Å². The molecule has 0 bridgehead atoms. The predicted molar refractivity (Wildman–Crippen MR) is 169 cm³/mol. The SMILES string of the molecule is COc1cc(N2CCC(N3CCOCC3)CC2)ccc1Nc1ncc(-c2ccc(Cl)c(OC(C)Cn3ccnc3)c2)cn1. The minimum Gasteiger partial charge on any atom is -0.494 e. The quantitative estimate of drug-likeness (QED) is 0.252. The average molecular weight is 604 g/mol. The molecule has 0 aliphatic carbocycles. The predicted octanol–water partition coefficient (Wildman–Crippen LogP) is 5.51. The van der Waals surface area contributed by atoms with Crippen LogP contribution < -0.4 is 19.7 Å². The van der Waals surface area contributed by atoms with Crippen molar-refractivity contribution >= 4 is 28.9 Å². The van der Waals surface area contributed by atoms with E-state index in [0.29, 0.717) is 29.3 Å². The molecule has 1 atom stereocenters. The molecule has 2 aromatic carbocycles. The summed E-state index contributed by atoms with van der Waals surface area (Å²) in [7, 11) is 1.69. The van der Waals surface area contributed by atoms with Crippen molar-refractivity contribution in [2.75, 3.05) is 56.7 Å². The third-order valence-electron chi connectivity index (χ3n) is 8.09. The summed E-state index contributed by atoms with van der Waals surface area (Å²) in [5, 5.41) is 3.87. The molecule has 4 heterocycles. The summed E-state index contributed by atoms with van der Waals surface area (Å²) in [5.74, 6) is 1.86. The number of hydrogen-bond acceptors (Lipinski definition) is 9. The highest BCUT2D eigenvalue weighted by atomic mass is 35.5. The number of anilines is 3. The van der Waals surface area contributed by atoms with Gasteiger partial charge in [0.05, 0.1) is 43.9 Å². The lowest BCUT2D eigenvalue weighted by molar-refractivity contribution is 0.0115. The number of methoxy groups -OCH3 is 1. The Balaban J connectivity index is 1.08. The number of halogens is 1. The van der Waals surface area contributed by atoms with Gasteiger partial charge in [-0.05, 0) is 49.6 Å². The molecule has 43 heavy (non-hydrogen) atoms. The van der Waals surface area contributed by atoms with Crippen molar-refractivity contribution < 1.29 is 14.2 Å². The van der Waals surface area contributed by atoms with Crippen molar-refractivity contribution in [2.45, 2.75) is 38.5 Å². The van der Waals surface area contributed by atoms with Crippen molar-refractivity contribution in [1.82, 2.24) is 24.4 Å². The number of rotatable bonds is 10. The summed E-state index contributed by atoms with van der Waals surface area (Å²) in [5.41, 5.74) is 3.76. The number of aromatic nitrogens is 4. The Morgan fingerprint density at radius 2 is 1.79 bits per heavy atom. The molecule has 0 radical (unpaired) electrons. The Kier molecular flexibility index (Phi) is 9.26. The van der Waals surface area contributed by atoms with Crippen LogP contribution in [-0.4, -0.2) is 83.1 Å². The van der Waals surface area contributed by atoms with E-state index >= 15 is 0 Å². The smallest absolute Gasteiger partial charge is 0.227 e. The lowest BCUT2D eigenvalue weighted by atomic mass is 10.0. The molecule has 6 rings (SSSR count). The first-order chi connectivity index (χ1) is 21.1. The van der Waals surface area contributed by atoms with E-state index in [0.717, 1.165) is 74.8 Å². The number of imidazole rings is 1. The maximum atomic E-state index is 6.45. The Hall–Kier alpha value is -3.86. The first-order valence-corrected chi connectivity index (χ1v) is 15.2. The third-order valence-corrected chi connectivity index (χ3v) is 8.41. The highest BCUT2D eigenvalue weighted by Gasteiger charge is 2.26. The molecule has 226 valence electrons. The minimum absolute atomic E-state index is 0.0898. The van der Waals surface area contributed by atoms with Crippen LogP contribution >= 0.6 is 11.6 Å². The van der Waals surface area contributed by atoms with Crippen LogP contribution in [0.1, 0.15) is 19.8 Å². The van der Waals surface area contributed by atoms with Crippen LogP contribution in [0, 0.1) is 0 Å². The van der Waals surface area contributed by atoms with Gasteiger partial charge in [-0.3, -0.25) is 4.90 Å². The zero-order chi connectivity index (χ0) is 29.6. The standard InChI is InChI=1S/C32H38ClN7O3/c1-23(21-38-12-9-34-22-38)43-30-17-24(3-5-28(30)33)25-19-35-32(36-20-25)37-29-6-4-27(18-31(29)41-2)39-10-7-26(8-11-39)40-13-15-42-16-14-40/h3-6,9,12,17-20,22-23,26H,7-8,10-11,13-16,21H2,1-2H3,(H,35,36,37). The lowest BCUT2D eigenvalue weighted by Gasteiger charge is -2.40. The maximum absolute atomic E-state index is 6.45. The molecular weight excluding hydrogens is 566 g/mol. The van der Waals surface area contributed by atoms with Gasteiger partial charge in [-0.2, -0.15) is 0 Å². The molecule has 0 amide bonds. The highest BCUT2D eigenvalue weighted by molar-refractivity contribution is 6.32. The Labute approximate surface area is 257 Å². The van der Waals surface area contributed by atoms with Crippen LogP contribution in [-0.2, 0) is 11.3 Å². The number of benzene rings is 2. The molecule has 2 aliphatic rings. The van der Waals surface area contributed by atoms with E-state index in [1.807, 2.05) is 42.0 Å². The number of hydrogen-bond donors (Lipinski definition) is 1. The van der Waals surface area contributed by atoms with E-state index in [1.165, 1.54) is 5.69 Å². The van der Waals surface area contributed by atoms with Gasteiger partial charge in [-0.25, -0.2) is 15.0 Å². The Morgan fingerprint density at radius 1 is 1.00 bits per heavy atom. The molecule has 1 unspecified atom stereocenters. The second-order valence-electron chi connectivity index (χ2n) is 11.0. The summed E-state index contributed by atoms with van der Waals surface area (Å²) < 4.78 is 19.4. The molecular formula is C32H38ClN7O3. The van der Waals surface area contributed by atoms with Crippen LogP contribution in [0.3, 0.4) is 0 Å². The van der Waals surface area contributed by atoms with Crippen LogP contribution in [0.4, 0.5) is 17.3 Å². The summed E-state index contributed by atoms with van der Waals surface area (Å²) in [6.45, 7) is 8.52. The van der Waals surface area contributed by atoms with E-state index in [-0.39, 0.29) is 6.10 Å². The van der Waals surface area contributed by atoms with Crippen molar-refractivity contribution in [3.05, 3.63) is 72.5 Å². The number of morpholine rings is 1. The van der Waals surface area contributed by atoms with E-state index in [2.05, 4.69) is 42.2 Å². The fourth-order valence-corrected chi connectivity index (χ4v) is 5.95. The summed E-state index contributed by atoms with van der Waals surface area (Å²) in [4.78, 5) is 18.2. The van der Waals surface area contributed by atoms with E-state index in [9.17, 15) is 0 Å². The topological polar surface area (TPSA) is 89.8 Å². The fourth-order valence-electron chi connectivity index (χ4n) is 5.79. The van der Waals surface area contributed by atoms with Crippen LogP contribution in [0.2, 0.25) is 5.02 Å². The molecule has 2 aromatic heterocycles. The molecule has 2 aliphatic heterocycles. The molecule has 0 saturated carbocycles. The van der Waals surface area contributed by atoms with Gasteiger partial charge in [-0.1, -0.05) is 17.7 Å². The minimum atomic E-state index is -0.0898. The van der Waals surface area contributed by atoms with E-state index in [4.69, 9.17) is 25.8 Å². The van der Waals surface area contributed by atoms with Gasteiger partial charge in [0.1, 0.15) is 17.6 Å². The fraction of sp³-hybridized carbons (Fsp3) is 0.406. The van der Waals surface area contributed by atoms with E-state index in [1.54, 1.807) is 32.0 Å². The van der Waals surface area contributed by atoms with Crippen molar-refractivity contribution in [3.8, 4) is 22.6 Å². The van der Waals surface area contributed by atoms with Gasteiger partial charge >= 0.3 is 0 Å².